The summed E-state index contributed by atoms with van der Waals surface area (Å²) in [6.45, 7) is 5.54. The normalized spacial score (nSPS) is 17.8. The van der Waals surface area contributed by atoms with Gasteiger partial charge in [-0.25, -0.2) is 0 Å². The summed E-state index contributed by atoms with van der Waals surface area (Å²) in [5.41, 5.74) is 7.75. The van der Waals surface area contributed by atoms with Crippen LogP contribution >= 0.6 is 0 Å². The predicted octanol–water partition coefficient (Wildman–Crippen LogP) is 3.40. The second-order valence-corrected chi connectivity index (χ2v) is 7.16. The minimum atomic E-state index is -0.0430. The maximum atomic E-state index is 13.1. The number of carbonyl (C=O) groups excluding carboxylic acids is 1. The zero-order chi connectivity index (χ0) is 19.9. The fraction of sp³-hybridized carbons (Fsp3) is 0.455. The number of aromatic nitrogens is 1. The molecule has 1 fully saturated rings. The maximum Gasteiger partial charge on any atom is 0.254 e. The lowest BCUT2D eigenvalue weighted by Gasteiger charge is -2.38. The molecule has 1 aromatic heterocycles. The number of ether oxygens (including phenoxy) is 2. The number of nitrogens with zero attached hydrogens (tertiary/aromatic N) is 2. The van der Waals surface area contributed by atoms with E-state index in [-0.39, 0.29) is 18.0 Å². The zero-order valence-corrected chi connectivity index (χ0v) is 16.6. The van der Waals surface area contributed by atoms with Crippen molar-refractivity contribution in [1.29, 1.82) is 0 Å². The molecule has 0 spiro atoms. The molecule has 150 valence electrons. The Balaban J connectivity index is 1.78. The van der Waals surface area contributed by atoms with Gasteiger partial charge in [-0.3, -0.25) is 9.78 Å². The van der Waals surface area contributed by atoms with Crippen molar-refractivity contribution in [3.8, 4) is 11.5 Å². The second-order valence-electron chi connectivity index (χ2n) is 7.16. The summed E-state index contributed by atoms with van der Waals surface area (Å²) in [5.74, 6) is 1.21. The predicted molar refractivity (Wildman–Crippen MR) is 109 cm³/mol. The third kappa shape index (κ3) is 4.81. The molecule has 2 N–H and O–H groups in total. The Morgan fingerprint density at radius 2 is 2.00 bits per heavy atom. The van der Waals surface area contributed by atoms with E-state index in [4.69, 9.17) is 15.2 Å². The summed E-state index contributed by atoms with van der Waals surface area (Å²) in [6.07, 6.45) is 6.55. The van der Waals surface area contributed by atoms with Crippen LogP contribution in [-0.2, 0) is 6.61 Å². The summed E-state index contributed by atoms with van der Waals surface area (Å²) in [7, 11) is 0. The molecule has 2 atom stereocenters. The van der Waals surface area contributed by atoms with Crippen molar-refractivity contribution < 1.29 is 14.3 Å². The highest BCUT2D eigenvalue weighted by molar-refractivity contribution is 5.95. The average Bonchev–Trinajstić information content (AvgIpc) is 2.73. The number of amides is 1. The van der Waals surface area contributed by atoms with Crippen LogP contribution in [0.15, 0.2) is 42.7 Å². The first kappa shape index (κ1) is 20.1. The van der Waals surface area contributed by atoms with Crippen molar-refractivity contribution in [2.75, 3.05) is 13.2 Å². The van der Waals surface area contributed by atoms with Crippen LogP contribution in [0.3, 0.4) is 0 Å². The molecule has 2 aromatic rings. The number of likely N-dealkylation sites (tertiary alicyclic amines) is 1. The molecule has 0 bridgehead atoms. The van der Waals surface area contributed by atoms with Crippen molar-refractivity contribution >= 4 is 5.91 Å². The van der Waals surface area contributed by atoms with Crippen LogP contribution in [0, 0.1) is 0 Å². The fourth-order valence-corrected chi connectivity index (χ4v) is 3.59. The molecule has 3 rings (SSSR count). The number of piperidine rings is 1. The third-order valence-corrected chi connectivity index (χ3v) is 5.05. The van der Waals surface area contributed by atoms with Gasteiger partial charge in [-0.1, -0.05) is 0 Å². The van der Waals surface area contributed by atoms with E-state index in [1.165, 1.54) is 0 Å². The number of hydrogen-bond donors (Lipinski definition) is 1. The van der Waals surface area contributed by atoms with E-state index in [0.717, 1.165) is 31.4 Å². The highest BCUT2D eigenvalue weighted by Gasteiger charge is 2.30. The molecular formula is C22H29N3O3. The van der Waals surface area contributed by atoms with E-state index >= 15 is 0 Å². The van der Waals surface area contributed by atoms with Gasteiger partial charge in [0, 0.05) is 36.6 Å². The molecule has 1 aliphatic rings. The van der Waals surface area contributed by atoms with Gasteiger partial charge in [0.05, 0.1) is 6.61 Å². The van der Waals surface area contributed by atoms with E-state index in [2.05, 4.69) is 4.98 Å². The van der Waals surface area contributed by atoms with Crippen molar-refractivity contribution in [1.82, 2.24) is 9.88 Å². The number of hydrogen-bond acceptors (Lipinski definition) is 5. The molecule has 2 heterocycles. The topological polar surface area (TPSA) is 77.7 Å². The smallest absolute Gasteiger partial charge is 0.254 e. The minimum Gasteiger partial charge on any atom is -0.490 e. The molecule has 1 aliphatic heterocycles. The Morgan fingerprint density at radius 1 is 1.21 bits per heavy atom. The molecular weight excluding hydrogens is 354 g/mol. The number of pyridine rings is 1. The van der Waals surface area contributed by atoms with E-state index in [9.17, 15) is 4.79 Å². The summed E-state index contributed by atoms with van der Waals surface area (Å²) >= 11 is 0. The highest BCUT2D eigenvalue weighted by Crippen LogP contribution is 2.31. The number of rotatable bonds is 7. The Labute approximate surface area is 166 Å². The van der Waals surface area contributed by atoms with Gasteiger partial charge in [0.2, 0.25) is 0 Å². The van der Waals surface area contributed by atoms with Crippen LogP contribution < -0.4 is 15.2 Å². The van der Waals surface area contributed by atoms with E-state index in [1.54, 1.807) is 24.5 Å². The summed E-state index contributed by atoms with van der Waals surface area (Å²) < 4.78 is 11.7. The molecule has 0 radical (unpaired) electrons. The van der Waals surface area contributed by atoms with Crippen molar-refractivity contribution in [2.45, 2.75) is 51.8 Å². The fourth-order valence-electron chi connectivity index (χ4n) is 3.59. The molecule has 28 heavy (non-hydrogen) atoms. The minimum absolute atomic E-state index is 0.00337. The van der Waals surface area contributed by atoms with Gasteiger partial charge in [-0.15, -0.1) is 0 Å². The SMILES string of the molecule is CCOc1cc(C(=O)N2CCCC[C@@H]2[C@H](C)N)ccc1OCc1ccncc1. The Kier molecular flexibility index (Phi) is 6.87. The largest absolute Gasteiger partial charge is 0.490 e. The zero-order valence-electron chi connectivity index (χ0n) is 16.6. The molecule has 1 aromatic carbocycles. The lowest BCUT2D eigenvalue weighted by Crippen LogP contribution is -2.51. The molecule has 6 nitrogen and oxygen atoms in total. The van der Waals surface area contributed by atoms with Crippen molar-refractivity contribution in [3.63, 3.8) is 0 Å². The van der Waals surface area contributed by atoms with Crippen molar-refractivity contribution in [2.24, 2.45) is 5.73 Å². The summed E-state index contributed by atoms with van der Waals surface area (Å²) in [5, 5.41) is 0. The van der Waals surface area contributed by atoms with Crippen molar-refractivity contribution in [3.05, 3.63) is 53.9 Å². The third-order valence-electron chi connectivity index (χ3n) is 5.05. The lowest BCUT2D eigenvalue weighted by atomic mass is 9.96. The van der Waals surface area contributed by atoms with Crippen LogP contribution in [0.2, 0.25) is 0 Å². The maximum absolute atomic E-state index is 13.1. The van der Waals surface area contributed by atoms with Crippen LogP contribution in [0.1, 0.15) is 49.0 Å². The van der Waals surface area contributed by atoms with Gasteiger partial charge < -0.3 is 20.1 Å². The van der Waals surface area contributed by atoms with Crippen LogP contribution in [0.5, 0.6) is 11.5 Å². The average molecular weight is 383 g/mol. The summed E-state index contributed by atoms with van der Waals surface area (Å²) in [6, 6.07) is 9.24. The van der Waals surface area contributed by atoms with Gasteiger partial charge in [0.15, 0.2) is 11.5 Å². The first-order valence-corrected chi connectivity index (χ1v) is 9.95. The Hall–Kier alpha value is -2.60. The van der Waals surface area contributed by atoms with E-state index in [0.29, 0.717) is 30.3 Å². The number of carbonyl (C=O) groups is 1. The van der Waals surface area contributed by atoms with Gasteiger partial charge >= 0.3 is 0 Å². The second kappa shape index (κ2) is 9.55. The molecule has 0 unspecified atom stereocenters. The van der Waals surface area contributed by atoms with Crippen LogP contribution in [-0.4, -0.2) is 41.0 Å². The van der Waals surface area contributed by atoms with Gasteiger partial charge in [-0.2, -0.15) is 0 Å². The number of benzene rings is 1. The quantitative estimate of drug-likeness (QED) is 0.793. The van der Waals surface area contributed by atoms with E-state index < -0.39 is 0 Å². The van der Waals surface area contributed by atoms with Gasteiger partial charge in [0.1, 0.15) is 6.61 Å². The van der Waals surface area contributed by atoms with Gasteiger partial charge in [0.25, 0.3) is 5.91 Å². The first-order chi connectivity index (χ1) is 13.6. The molecule has 1 saturated heterocycles. The Morgan fingerprint density at radius 3 is 2.71 bits per heavy atom. The molecule has 1 amide bonds. The standard InChI is InChI=1S/C22H29N3O3/c1-3-27-21-14-18(22(26)25-13-5-4-6-19(25)16(2)23)7-8-20(21)28-15-17-9-11-24-12-10-17/h7-12,14,16,19H,3-6,13,15,23H2,1-2H3/t16-,19+/m0/s1. The van der Waals surface area contributed by atoms with Gasteiger partial charge in [-0.05, 0) is 69.0 Å². The summed E-state index contributed by atoms with van der Waals surface area (Å²) in [4.78, 5) is 19.1. The van der Waals surface area contributed by atoms with Crippen LogP contribution in [0.25, 0.3) is 0 Å². The first-order valence-electron chi connectivity index (χ1n) is 9.95. The molecule has 0 aliphatic carbocycles. The monoisotopic (exact) mass is 383 g/mol. The molecule has 0 saturated carbocycles. The molecule has 6 heteroatoms. The van der Waals surface area contributed by atoms with E-state index in [1.807, 2.05) is 36.9 Å². The van der Waals surface area contributed by atoms with Crippen LogP contribution in [0.4, 0.5) is 0 Å². The lowest BCUT2D eigenvalue weighted by molar-refractivity contribution is 0.0583. The number of nitrogens with two attached hydrogens (primary N) is 1. The Bertz CT molecular complexity index is 780. The highest BCUT2D eigenvalue weighted by atomic mass is 16.5.